The lowest BCUT2D eigenvalue weighted by Gasteiger charge is -2.05. The van der Waals surface area contributed by atoms with E-state index in [2.05, 4.69) is 84.2 Å². The van der Waals surface area contributed by atoms with Gasteiger partial charge in [0.1, 0.15) is 7.05 Å². The molecule has 1 aromatic carbocycles. The number of aromatic nitrogens is 3. The number of imidazole rings is 1. The van der Waals surface area contributed by atoms with Crippen LogP contribution in [0, 0.1) is 6.92 Å². The number of unbranched alkanes of at least 4 members (excludes halogenated alkanes) is 13. The van der Waals surface area contributed by atoms with Crippen molar-refractivity contribution in [2.24, 2.45) is 14.1 Å². The van der Waals surface area contributed by atoms with E-state index in [1.165, 1.54) is 118 Å². The SMILES string of the molecule is CCCCCCCCCCCCCCCCn1c(-c2cc(C)cc[n+]2C)[n+](C)c2ccccc21. The fourth-order valence-corrected chi connectivity index (χ4v) is 5.28. The smallest absolute Gasteiger partial charge is 0.220 e. The zero-order chi connectivity index (χ0) is 24.2. The van der Waals surface area contributed by atoms with Gasteiger partial charge in [0.25, 0.3) is 5.69 Å². The largest absolute Gasteiger partial charge is 0.355 e. The summed E-state index contributed by atoms with van der Waals surface area (Å²) in [5.74, 6) is 1.31. The minimum Gasteiger partial charge on any atom is -0.220 e. The minimum absolute atomic E-state index is 1.09. The first-order chi connectivity index (χ1) is 16.6. The van der Waals surface area contributed by atoms with Crippen LogP contribution in [0.1, 0.15) is 102 Å². The molecule has 3 heteroatoms. The zero-order valence-corrected chi connectivity index (χ0v) is 22.5. The third-order valence-electron chi connectivity index (χ3n) is 7.38. The molecule has 3 rings (SSSR count). The molecule has 3 nitrogen and oxygen atoms in total. The highest BCUT2D eigenvalue weighted by Crippen LogP contribution is 2.22. The van der Waals surface area contributed by atoms with Gasteiger partial charge in [-0.1, -0.05) is 96.1 Å². The highest BCUT2D eigenvalue weighted by molar-refractivity contribution is 5.75. The third kappa shape index (κ3) is 7.42. The van der Waals surface area contributed by atoms with Crippen LogP contribution in [0.3, 0.4) is 0 Å². The minimum atomic E-state index is 1.09. The number of aryl methyl sites for hydroxylation is 4. The van der Waals surface area contributed by atoms with E-state index >= 15 is 0 Å². The number of pyridine rings is 1. The quantitative estimate of drug-likeness (QED) is 0.152. The summed E-state index contributed by atoms with van der Waals surface area (Å²) in [6.07, 6.45) is 21.8. The van der Waals surface area contributed by atoms with Crippen molar-refractivity contribution in [2.45, 2.75) is 110 Å². The van der Waals surface area contributed by atoms with Crippen LogP contribution >= 0.6 is 0 Å². The number of benzene rings is 1. The molecule has 3 aromatic rings. The summed E-state index contributed by atoms with van der Waals surface area (Å²) in [5.41, 5.74) is 5.24. The maximum absolute atomic E-state index is 2.55. The van der Waals surface area contributed by atoms with E-state index in [1.807, 2.05) is 0 Å². The Bertz CT molecular complexity index is 1000. The van der Waals surface area contributed by atoms with Crippen molar-refractivity contribution in [3.63, 3.8) is 0 Å². The Balaban J connectivity index is 1.45. The van der Waals surface area contributed by atoms with Gasteiger partial charge >= 0.3 is 5.82 Å². The number of rotatable bonds is 16. The number of hydrogen-bond donors (Lipinski definition) is 0. The van der Waals surface area contributed by atoms with Gasteiger partial charge in [0.2, 0.25) is 0 Å². The first kappa shape index (κ1) is 26.4. The van der Waals surface area contributed by atoms with Crippen molar-refractivity contribution < 1.29 is 9.13 Å². The van der Waals surface area contributed by atoms with Gasteiger partial charge in [0, 0.05) is 12.1 Å². The number of para-hydroxylation sites is 2. The molecule has 0 saturated carbocycles. The van der Waals surface area contributed by atoms with Crippen molar-refractivity contribution >= 4 is 11.0 Å². The summed E-state index contributed by atoms with van der Waals surface area (Å²) in [5, 5.41) is 0. The van der Waals surface area contributed by atoms with E-state index in [9.17, 15) is 0 Å². The van der Waals surface area contributed by atoms with Gasteiger partial charge in [-0.15, -0.1) is 0 Å². The molecular formula is C31H49N3+2. The highest BCUT2D eigenvalue weighted by Gasteiger charge is 2.29. The molecular weight excluding hydrogens is 414 g/mol. The van der Waals surface area contributed by atoms with Crippen LogP contribution < -0.4 is 9.13 Å². The summed E-state index contributed by atoms with van der Waals surface area (Å²) in [6, 6.07) is 13.3. The van der Waals surface area contributed by atoms with Crippen molar-refractivity contribution in [3.05, 3.63) is 48.2 Å². The highest BCUT2D eigenvalue weighted by atomic mass is 15.2. The maximum Gasteiger partial charge on any atom is 0.355 e. The van der Waals surface area contributed by atoms with E-state index in [1.54, 1.807) is 0 Å². The van der Waals surface area contributed by atoms with Crippen LogP contribution in [0.15, 0.2) is 42.6 Å². The average Bonchev–Trinajstić information content (AvgIpc) is 3.12. The molecule has 0 unspecified atom stereocenters. The van der Waals surface area contributed by atoms with Crippen LogP contribution in [-0.2, 0) is 20.6 Å². The van der Waals surface area contributed by atoms with E-state index in [4.69, 9.17) is 0 Å². The lowest BCUT2D eigenvalue weighted by molar-refractivity contribution is -0.680. The summed E-state index contributed by atoms with van der Waals surface area (Å²) >= 11 is 0. The molecule has 0 fully saturated rings. The van der Waals surface area contributed by atoms with Gasteiger partial charge in [-0.2, -0.15) is 4.57 Å². The number of hydrogen-bond acceptors (Lipinski definition) is 0. The van der Waals surface area contributed by atoms with E-state index in [-0.39, 0.29) is 0 Å². The molecule has 34 heavy (non-hydrogen) atoms. The summed E-state index contributed by atoms with van der Waals surface area (Å²) in [6.45, 7) is 5.57. The van der Waals surface area contributed by atoms with Crippen LogP contribution in [0.4, 0.5) is 0 Å². The molecule has 186 valence electrons. The lowest BCUT2D eigenvalue weighted by atomic mass is 10.0. The molecule has 0 N–H and O–H groups in total. The summed E-state index contributed by atoms with van der Waals surface area (Å²) in [7, 11) is 4.37. The predicted molar refractivity (Wildman–Crippen MR) is 145 cm³/mol. The first-order valence-electron chi connectivity index (χ1n) is 14.1. The molecule has 0 atom stereocenters. The summed E-state index contributed by atoms with van der Waals surface area (Å²) < 4.78 is 7.17. The fourth-order valence-electron chi connectivity index (χ4n) is 5.28. The van der Waals surface area contributed by atoms with Crippen LogP contribution in [0.25, 0.3) is 22.6 Å². The van der Waals surface area contributed by atoms with Crippen molar-refractivity contribution in [1.29, 1.82) is 0 Å². The summed E-state index contributed by atoms with van der Waals surface area (Å²) in [4.78, 5) is 0. The number of fused-ring (bicyclic) bond motifs is 1. The molecule has 0 saturated heterocycles. The second-order valence-corrected chi connectivity index (χ2v) is 10.3. The molecule has 0 aliphatic heterocycles. The van der Waals surface area contributed by atoms with Crippen molar-refractivity contribution in [1.82, 2.24) is 4.57 Å². The Labute approximate surface area is 208 Å². The molecule has 0 bridgehead atoms. The molecule has 0 aliphatic rings. The molecule has 0 aliphatic carbocycles. The Morgan fingerprint density at radius 3 is 1.88 bits per heavy atom. The Morgan fingerprint density at radius 2 is 1.26 bits per heavy atom. The van der Waals surface area contributed by atoms with Gasteiger partial charge in [0.05, 0.1) is 13.6 Å². The van der Waals surface area contributed by atoms with E-state index in [0.29, 0.717) is 0 Å². The Hall–Kier alpha value is -2.16. The average molecular weight is 464 g/mol. The van der Waals surface area contributed by atoms with Crippen LogP contribution in [0.2, 0.25) is 0 Å². The van der Waals surface area contributed by atoms with E-state index in [0.717, 1.165) is 6.54 Å². The second-order valence-electron chi connectivity index (χ2n) is 10.3. The van der Waals surface area contributed by atoms with Gasteiger partial charge in [-0.05, 0) is 37.5 Å². The Morgan fingerprint density at radius 1 is 0.706 bits per heavy atom. The Kier molecular flexibility index (Phi) is 11.1. The standard InChI is InChI=1S/C31H49N3/c1-5-6-7-8-9-10-11-12-13-14-15-16-17-20-24-34-29-22-19-18-21-28(29)33(4)31(34)30-26-27(2)23-25-32(30)3/h18-19,21-23,25-26H,5-17,20,24H2,1-4H3/q+2. The molecule has 2 aromatic heterocycles. The van der Waals surface area contributed by atoms with Crippen molar-refractivity contribution in [2.75, 3.05) is 0 Å². The predicted octanol–water partition coefficient (Wildman–Crippen LogP) is 7.75. The molecule has 0 radical (unpaired) electrons. The topological polar surface area (TPSA) is 12.7 Å². The van der Waals surface area contributed by atoms with Crippen molar-refractivity contribution in [3.8, 4) is 11.5 Å². The van der Waals surface area contributed by atoms with Gasteiger partial charge in [0.15, 0.2) is 17.2 Å². The third-order valence-corrected chi connectivity index (χ3v) is 7.38. The number of nitrogens with zero attached hydrogens (tertiary/aromatic N) is 3. The van der Waals surface area contributed by atoms with Gasteiger partial charge < -0.3 is 0 Å². The van der Waals surface area contributed by atoms with E-state index < -0.39 is 0 Å². The normalized spacial score (nSPS) is 11.5. The lowest BCUT2D eigenvalue weighted by Crippen LogP contribution is -2.38. The maximum atomic E-state index is 2.55. The molecule has 0 spiro atoms. The molecule has 0 amide bonds. The van der Waals surface area contributed by atoms with Gasteiger partial charge in [-0.25, -0.2) is 9.13 Å². The van der Waals surface area contributed by atoms with Crippen LogP contribution in [-0.4, -0.2) is 4.57 Å². The zero-order valence-electron chi connectivity index (χ0n) is 22.5. The fraction of sp³-hybridized carbons (Fsp3) is 0.613. The monoisotopic (exact) mass is 463 g/mol. The second kappa shape index (κ2) is 14.3. The van der Waals surface area contributed by atoms with Crippen LogP contribution in [0.5, 0.6) is 0 Å². The molecule has 2 heterocycles. The van der Waals surface area contributed by atoms with Gasteiger partial charge in [-0.3, -0.25) is 0 Å². The first-order valence-corrected chi connectivity index (χ1v) is 14.1.